The lowest BCUT2D eigenvalue weighted by Crippen LogP contribution is -2.36. The molecule has 3 aromatic rings. The number of carbonyl (C=O) groups excluding carboxylic acids is 1. The number of hydrogen-bond acceptors (Lipinski definition) is 5. The van der Waals surface area contributed by atoms with Crippen molar-refractivity contribution in [3.8, 4) is 0 Å². The molecular formula is C20H21ClN4OS. The summed E-state index contributed by atoms with van der Waals surface area (Å²) in [6.07, 6.45) is 1.46. The largest absolute Gasteiger partial charge is 0.354 e. The van der Waals surface area contributed by atoms with E-state index >= 15 is 0 Å². The van der Waals surface area contributed by atoms with Gasteiger partial charge in [-0.15, -0.1) is 0 Å². The number of nitrogens with zero attached hydrogens (tertiary/aromatic N) is 3. The predicted octanol–water partition coefficient (Wildman–Crippen LogP) is 3.58. The number of amides is 1. The number of hydrogen-bond donors (Lipinski definition) is 1. The topological polar surface area (TPSA) is 58.1 Å². The molecule has 5 nitrogen and oxygen atoms in total. The van der Waals surface area contributed by atoms with E-state index in [1.54, 1.807) is 0 Å². The van der Waals surface area contributed by atoms with Gasteiger partial charge in [0.2, 0.25) is 11.0 Å². The van der Waals surface area contributed by atoms with E-state index < -0.39 is 0 Å². The van der Waals surface area contributed by atoms with E-state index in [4.69, 9.17) is 11.6 Å². The second-order valence-electron chi connectivity index (χ2n) is 6.24. The van der Waals surface area contributed by atoms with Gasteiger partial charge in [0.1, 0.15) is 5.82 Å². The van der Waals surface area contributed by atoms with Crippen LogP contribution in [0.3, 0.4) is 0 Å². The smallest absolute Gasteiger partial charge is 0.239 e. The minimum Gasteiger partial charge on any atom is -0.354 e. The maximum atomic E-state index is 12.1. The average molecular weight is 401 g/mol. The van der Waals surface area contributed by atoms with Crippen molar-refractivity contribution in [2.24, 2.45) is 0 Å². The van der Waals surface area contributed by atoms with Crippen LogP contribution < -0.4 is 10.2 Å². The van der Waals surface area contributed by atoms with E-state index in [-0.39, 0.29) is 12.5 Å². The van der Waals surface area contributed by atoms with Gasteiger partial charge in [-0.2, -0.15) is 4.37 Å². The summed E-state index contributed by atoms with van der Waals surface area (Å²) in [6, 6.07) is 17.7. The minimum absolute atomic E-state index is 0.0251. The summed E-state index contributed by atoms with van der Waals surface area (Å²) in [5, 5.41) is 4.39. The highest BCUT2D eigenvalue weighted by Gasteiger charge is 2.12. The fraction of sp³-hybridized carbons (Fsp3) is 0.250. The molecule has 140 valence electrons. The molecule has 1 N–H and O–H groups in total. The zero-order valence-corrected chi connectivity index (χ0v) is 16.6. The van der Waals surface area contributed by atoms with Crippen molar-refractivity contribution in [3.05, 3.63) is 76.6 Å². The van der Waals surface area contributed by atoms with Crippen LogP contribution in [0, 0.1) is 0 Å². The Labute approximate surface area is 168 Å². The minimum atomic E-state index is -0.0251. The van der Waals surface area contributed by atoms with Crippen LogP contribution in [-0.2, 0) is 17.6 Å². The number of nitrogens with one attached hydrogen (secondary N) is 1. The SMILES string of the molecule is CN(CC(=O)NCCc1ccccc1)c1nc(Cc2ccc(Cl)cc2)ns1. The molecule has 1 heterocycles. The lowest BCUT2D eigenvalue weighted by Gasteiger charge is -2.14. The third-order valence-electron chi connectivity index (χ3n) is 4.02. The van der Waals surface area contributed by atoms with Gasteiger partial charge in [0.15, 0.2) is 0 Å². The Bertz CT molecular complexity index is 867. The molecule has 0 saturated carbocycles. The van der Waals surface area contributed by atoms with Crippen LogP contribution >= 0.6 is 23.1 Å². The number of halogens is 1. The van der Waals surface area contributed by atoms with Crippen molar-refractivity contribution < 1.29 is 4.79 Å². The van der Waals surface area contributed by atoms with Crippen LogP contribution in [0.1, 0.15) is 17.0 Å². The number of likely N-dealkylation sites (N-methyl/N-ethyl adjacent to an activating group) is 1. The zero-order chi connectivity index (χ0) is 19.1. The molecule has 0 aliphatic rings. The van der Waals surface area contributed by atoms with Crippen LogP contribution in [0.25, 0.3) is 0 Å². The summed E-state index contributed by atoms with van der Waals surface area (Å²) < 4.78 is 4.39. The third kappa shape index (κ3) is 6.05. The summed E-state index contributed by atoms with van der Waals surface area (Å²) in [7, 11) is 1.85. The molecule has 0 saturated heterocycles. The van der Waals surface area contributed by atoms with Crippen molar-refractivity contribution in [1.29, 1.82) is 0 Å². The monoisotopic (exact) mass is 400 g/mol. The number of benzene rings is 2. The Balaban J connectivity index is 1.46. The molecule has 1 aromatic heterocycles. The van der Waals surface area contributed by atoms with E-state index in [9.17, 15) is 4.79 Å². The maximum Gasteiger partial charge on any atom is 0.239 e. The molecular weight excluding hydrogens is 380 g/mol. The second-order valence-corrected chi connectivity index (χ2v) is 7.40. The molecule has 0 aliphatic heterocycles. The Morgan fingerprint density at radius 1 is 1.11 bits per heavy atom. The molecule has 0 atom stereocenters. The maximum absolute atomic E-state index is 12.1. The third-order valence-corrected chi connectivity index (χ3v) is 5.14. The number of aromatic nitrogens is 2. The zero-order valence-electron chi connectivity index (χ0n) is 15.1. The van der Waals surface area contributed by atoms with Crippen LogP contribution in [0.15, 0.2) is 54.6 Å². The Morgan fingerprint density at radius 2 is 1.85 bits per heavy atom. The van der Waals surface area contributed by atoms with E-state index in [0.29, 0.717) is 18.0 Å². The molecule has 0 fully saturated rings. The van der Waals surface area contributed by atoms with E-state index in [1.807, 2.05) is 54.4 Å². The second kappa shape index (κ2) is 9.48. The molecule has 0 bridgehead atoms. The number of anilines is 1. The van der Waals surface area contributed by atoms with Gasteiger partial charge in [-0.1, -0.05) is 54.1 Å². The summed E-state index contributed by atoms with van der Waals surface area (Å²) in [6.45, 7) is 0.874. The van der Waals surface area contributed by atoms with Gasteiger partial charge in [-0.25, -0.2) is 4.98 Å². The molecule has 3 rings (SSSR count). The molecule has 27 heavy (non-hydrogen) atoms. The van der Waals surface area contributed by atoms with Crippen molar-refractivity contribution in [2.75, 3.05) is 25.0 Å². The van der Waals surface area contributed by atoms with Gasteiger partial charge in [0.05, 0.1) is 6.54 Å². The van der Waals surface area contributed by atoms with Crippen LogP contribution in [-0.4, -0.2) is 35.4 Å². The first-order chi connectivity index (χ1) is 13.1. The summed E-state index contributed by atoms with van der Waals surface area (Å²) in [5.41, 5.74) is 2.31. The van der Waals surface area contributed by atoms with Gasteiger partial charge < -0.3 is 10.2 Å². The molecule has 2 aromatic carbocycles. The van der Waals surface area contributed by atoms with E-state index in [0.717, 1.165) is 22.9 Å². The van der Waals surface area contributed by atoms with E-state index in [2.05, 4.69) is 26.8 Å². The standard InChI is InChI=1S/C20H21ClN4OS/c1-25(14-19(26)22-12-11-15-5-3-2-4-6-15)20-23-18(24-27-20)13-16-7-9-17(21)10-8-16/h2-10H,11-14H2,1H3,(H,22,26). The van der Waals surface area contributed by atoms with Gasteiger partial charge in [-0.05, 0) is 29.7 Å². The molecule has 0 spiro atoms. The highest BCUT2D eigenvalue weighted by molar-refractivity contribution is 7.09. The highest BCUT2D eigenvalue weighted by atomic mass is 35.5. The quantitative estimate of drug-likeness (QED) is 0.628. The fourth-order valence-corrected chi connectivity index (χ4v) is 3.35. The first-order valence-corrected chi connectivity index (χ1v) is 9.84. The molecule has 0 aliphatic carbocycles. The normalized spacial score (nSPS) is 10.6. The van der Waals surface area contributed by atoms with Gasteiger partial charge in [-0.3, -0.25) is 4.79 Å². The summed E-state index contributed by atoms with van der Waals surface area (Å²) in [5.74, 6) is 0.719. The molecule has 7 heteroatoms. The Kier molecular flexibility index (Phi) is 6.79. The lowest BCUT2D eigenvalue weighted by atomic mass is 10.1. The number of rotatable bonds is 8. The lowest BCUT2D eigenvalue weighted by molar-refractivity contribution is -0.119. The predicted molar refractivity (Wildman–Crippen MR) is 111 cm³/mol. The van der Waals surface area contributed by atoms with Crippen molar-refractivity contribution in [1.82, 2.24) is 14.7 Å². The molecule has 1 amide bonds. The van der Waals surface area contributed by atoms with Gasteiger partial charge in [0, 0.05) is 36.6 Å². The number of carbonyl (C=O) groups is 1. The van der Waals surface area contributed by atoms with Gasteiger partial charge in [0.25, 0.3) is 0 Å². The average Bonchev–Trinajstić information content (AvgIpc) is 3.13. The summed E-state index contributed by atoms with van der Waals surface area (Å²) >= 11 is 7.21. The first kappa shape index (κ1) is 19.3. The van der Waals surface area contributed by atoms with Crippen LogP contribution in [0.4, 0.5) is 5.13 Å². The van der Waals surface area contributed by atoms with Crippen molar-refractivity contribution in [3.63, 3.8) is 0 Å². The fourth-order valence-electron chi connectivity index (χ4n) is 2.59. The van der Waals surface area contributed by atoms with Gasteiger partial charge >= 0.3 is 0 Å². The van der Waals surface area contributed by atoms with Crippen molar-refractivity contribution >= 4 is 34.2 Å². The first-order valence-electron chi connectivity index (χ1n) is 8.69. The summed E-state index contributed by atoms with van der Waals surface area (Å²) in [4.78, 5) is 18.5. The molecule has 0 radical (unpaired) electrons. The van der Waals surface area contributed by atoms with Crippen molar-refractivity contribution in [2.45, 2.75) is 12.8 Å². The molecule has 0 unspecified atom stereocenters. The Hall–Kier alpha value is -2.44. The Morgan fingerprint density at radius 3 is 2.59 bits per heavy atom. The van der Waals surface area contributed by atoms with E-state index in [1.165, 1.54) is 17.1 Å². The van der Waals surface area contributed by atoms with Crippen LogP contribution in [0.5, 0.6) is 0 Å². The highest BCUT2D eigenvalue weighted by Crippen LogP contribution is 2.18. The van der Waals surface area contributed by atoms with Crippen LogP contribution in [0.2, 0.25) is 5.02 Å².